The molecule has 2 N–H and O–H groups in total. The molecular weight excluding hydrogens is 276 g/mol. The van der Waals surface area contributed by atoms with E-state index in [4.69, 9.17) is 0 Å². The standard InChI is InChI=1S/C18H34N2O2/c1-7-18(5,6)13-8-10-14(11-9-13)20-15(21)12-19-16(22)17(2,3)4/h13-14H,7-12H2,1-6H3,(H,19,22)(H,20,21). The molecule has 2 amide bonds. The maximum Gasteiger partial charge on any atom is 0.239 e. The molecule has 0 bridgehead atoms. The van der Waals surface area contributed by atoms with E-state index in [0.717, 1.165) is 18.8 Å². The highest BCUT2D eigenvalue weighted by Crippen LogP contribution is 2.40. The van der Waals surface area contributed by atoms with Gasteiger partial charge in [0, 0.05) is 11.5 Å². The van der Waals surface area contributed by atoms with Gasteiger partial charge in [0.15, 0.2) is 0 Å². The fourth-order valence-electron chi connectivity index (χ4n) is 3.01. The highest BCUT2D eigenvalue weighted by Gasteiger charge is 2.32. The topological polar surface area (TPSA) is 58.2 Å². The van der Waals surface area contributed by atoms with Gasteiger partial charge < -0.3 is 10.6 Å². The minimum atomic E-state index is -0.454. The van der Waals surface area contributed by atoms with E-state index < -0.39 is 5.41 Å². The summed E-state index contributed by atoms with van der Waals surface area (Å²) < 4.78 is 0. The van der Waals surface area contributed by atoms with Crippen LogP contribution in [0.1, 0.15) is 73.6 Å². The zero-order valence-corrected chi connectivity index (χ0v) is 15.2. The zero-order chi connectivity index (χ0) is 17.0. The summed E-state index contributed by atoms with van der Waals surface area (Å²) in [5.41, 5.74) is -0.0558. The van der Waals surface area contributed by atoms with Gasteiger partial charge in [-0.05, 0) is 37.0 Å². The summed E-state index contributed by atoms with van der Waals surface area (Å²) >= 11 is 0. The Morgan fingerprint density at radius 2 is 1.55 bits per heavy atom. The van der Waals surface area contributed by atoms with Gasteiger partial charge >= 0.3 is 0 Å². The predicted molar refractivity (Wildman–Crippen MR) is 90.4 cm³/mol. The third-order valence-electron chi connectivity index (χ3n) is 5.20. The largest absolute Gasteiger partial charge is 0.352 e. The Morgan fingerprint density at radius 3 is 2.00 bits per heavy atom. The van der Waals surface area contributed by atoms with Gasteiger partial charge in [-0.3, -0.25) is 9.59 Å². The SMILES string of the molecule is CCC(C)(C)C1CCC(NC(=O)CNC(=O)C(C)(C)C)CC1. The summed E-state index contributed by atoms with van der Waals surface area (Å²) in [4.78, 5) is 23.7. The van der Waals surface area contributed by atoms with Crippen molar-refractivity contribution < 1.29 is 9.59 Å². The van der Waals surface area contributed by atoms with Crippen LogP contribution in [0.25, 0.3) is 0 Å². The number of carbonyl (C=O) groups excluding carboxylic acids is 2. The molecule has 1 aliphatic rings. The van der Waals surface area contributed by atoms with E-state index in [9.17, 15) is 9.59 Å². The lowest BCUT2D eigenvalue weighted by Crippen LogP contribution is -2.46. The predicted octanol–water partition coefficient (Wildman–Crippen LogP) is 3.26. The van der Waals surface area contributed by atoms with Crippen molar-refractivity contribution in [1.29, 1.82) is 0 Å². The normalized spacial score (nSPS) is 23.0. The van der Waals surface area contributed by atoms with Gasteiger partial charge in [-0.2, -0.15) is 0 Å². The van der Waals surface area contributed by atoms with E-state index >= 15 is 0 Å². The van der Waals surface area contributed by atoms with E-state index in [1.54, 1.807) is 0 Å². The lowest BCUT2D eigenvalue weighted by Gasteiger charge is -2.39. The van der Waals surface area contributed by atoms with Crippen LogP contribution >= 0.6 is 0 Å². The minimum Gasteiger partial charge on any atom is -0.352 e. The Bertz CT molecular complexity index is 388. The smallest absolute Gasteiger partial charge is 0.239 e. The molecule has 128 valence electrons. The van der Waals surface area contributed by atoms with Crippen LogP contribution in [-0.2, 0) is 9.59 Å². The van der Waals surface area contributed by atoms with Gasteiger partial charge in [0.05, 0.1) is 6.54 Å². The molecule has 22 heavy (non-hydrogen) atoms. The lowest BCUT2D eigenvalue weighted by atomic mass is 9.69. The van der Waals surface area contributed by atoms with Gasteiger partial charge in [-0.25, -0.2) is 0 Å². The summed E-state index contributed by atoms with van der Waals surface area (Å²) in [6.07, 6.45) is 5.66. The van der Waals surface area contributed by atoms with Crippen molar-refractivity contribution in [3.63, 3.8) is 0 Å². The molecule has 1 aliphatic carbocycles. The number of nitrogens with one attached hydrogen (secondary N) is 2. The summed E-state index contributed by atoms with van der Waals surface area (Å²) in [5, 5.41) is 5.77. The zero-order valence-electron chi connectivity index (χ0n) is 15.2. The van der Waals surface area contributed by atoms with E-state index in [-0.39, 0.29) is 24.4 Å². The third-order valence-corrected chi connectivity index (χ3v) is 5.20. The first-order valence-corrected chi connectivity index (χ1v) is 8.64. The van der Waals surface area contributed by atoms with Crippen LogP contribution in [0.3, 0.4) is 0 Å². The van der Waals surface area contributed by atoms with Crippen molar-refractivity contribution in [1.82, 2.24) is 10.6 Å². The van der Waals surface area contributed by atoms with Crippen LogP contribution in [0.2, 0.25) is 0 Å². The molecule has 1 saturated carbocycles. The molecule has 0 aromatic heterocycles. The highest BCUT2D eigenvalue weighted by atomic mass is 16.2. The Kier molecular flexibility index (Phi) is 6.45. The quantitative estimate of drug-likeness (QED) is 0.819. The molecule has 0 aromatic carbocycles. The molecule has 0 aromatic rings. The summed E-state index contributed by atoms with van der Waals surface area (Å²) in [6, 6.07) is 0.267. The first-order valence-electron chi connectivity index (χ1n) is 8.64. The van der Waals surface area contributed by atoms with E-state index in [0.29, 0.717) is 5.41 Å². The first-order chi connectivity index (χ1) is 10.1. The Labute approximate surface area is 135 Å². The number of hydrogen-bond donors (Lipinski definition) is 2. The van der Waals surface area contributed by atoms with Crippen molar-refractivity contribution >= 4 is 11.8 Å². The molecule has 1 fully saturated rings. The molecule has 0 aliphatic heterocycles. The minimum absolute atomic E-state index is 0.0733. The monoisotopic (exact) mass is 310 g/mol. The van der Waals surface area contributed by atoms with Gasteiger partial charge in [-0.15, -0.1) is 0 Å². The second-order valence-corrected chi connectivity index (χ2v) is 8.39. The van der Waals surface area contributed by atoms with Gasteiger partial charge in [-0.1, -0.05) is 48.0 Å². The second kappa shape index (κ2) is 7.47. The van der Waals surface area contributed by atoms with Crippen molar-refractivity contribution in [2.24, 2.45) is 16.7 Å². The van der Waals surface area contributed by atoms with Crippen LogP contribution in [0, 0.1) is 16.7 Å². The molecule has 0 unspecified atom stereocenters. The molecule has 0 heterocycles. The fraction of sp³-hybridized carbons (Fsp3) is 0.889. The van der Waals surface area contributed by atoms with Crippen LogP contribution in [0.15, 0.2) is 0 Å². The third kappa shape index (κ3) is 5.62. The number of hydrogen-bond acceptors (Lipinski definition) is 2. The second-order valence-electron chi connectivity index (χ2n) is 8.39. The molecule has 0 saturated heterocycles. The van der Waals surface area contributed by atoms with Crippen LogP contribution in [-0.4, -0.2) is 24.4 Å². The average Bonchev–Trinajstić information content (AvgIpc) is 2.44. The summed E-state index contributed by atoms with van der Waals surface area (Å²) in [5.74, 6) is 0.595. The Morgan fingerprint density at radius 1 is 1.00 bits per heavy atom. The van der Waals surface area contributed by atoms with E-state index in [1.807, 2.05) is 20.8 Å². The van der Waals surface area contributed by atoms with Crippen LogP contribution in [0.5, 0.6) is 0 Å². The van der Waals surface area contributed by atoms with Crippen molar-refractivity contribution in [3.05, 3.63) is 0 Å². The summed E-state index contributed by atoms with van der Waals surface area (Å²) in [7, 11) is 0. The number of carbonyl (C=O) groups is 2. The molecule has 1 rings (SSSR count). The highest BCUT2D eigenvalue weighted by molar-refractivity contribution is 5.87. The van der Waals surface area contributed by atoms with Crippen molar-refractivity contribution in [3.8, 4) is 0 Å². The molecule has 0 radical (unpaired) electrons. The Hall–Kier alpha value is -1.06. The molecular formula is C18H34N2O2. The average molecular weight is 310 g/mol. The first kappa shape index (κ1) is 19.0. The number of rotatable bonds is 5. The molecule has 4 heteroatoms. The summed E-state index contributed by atoms with van der Waals surface area (Å²) in [6.45, 7) is 12.6. The van der Waals surface area contributed by atoms with Crippen molar-refractivity contribution in [2.45, 2.75) is 79.7 Å². The molecule has 0 atom stereocenters. The van der Waals surface area contributed by atoms with Gasteiger partial charge in [0.25, 0.3) is 0 Å². The van der Waals surface area contributed by atoms with E-state index in [2.05, 4.69) is 31.4 Å². The fourth-order valence-corrected chi connectivity index (χ4v) is 3.01. The number of amides is 2. The van der Waals surface area contributed by atoms with Gasteiger partial charge in [0.2, 0.25) is 11.8 Å². The van der Waals surface area contributed by atoms with Crippen LogP contribution < -0.4 is 10.6 Å². The molecule has 4 nitrogen and oxygen atoms in total. The van der Waals surface area contributed by atoms with E-state index in [1.165, 1.54) is 19.3 Å². The Balaban J connectivity index is 2.32. The van der Waals surface area contributed by atoms with Crippen molar-refractivity contribution in [2.75, 3.05) is 6.54 Å². The lowest BCUT2D eigenvalue weighted by molar-refractivity contribution is -0.131. The van der Waals surface area contributed by atoms with Crippen LogP contribution in [0.4, 0.5) is 0 Å². The molecule has 0 spiro atoms. The maximum absolute atomic E-state index is 12.0. The van der Waals surface area contributed by atoms with Gasteiger partial charge in [0.1, 0.15) is 0 Å². The maximum atomic E-state index is 12.0.